The molecule has 3 aromatic rings. The van der Waals surface area contributed by atoms with Crippen LogP contribution < -0.4 is 10.9 Å². The Labute approximate surface area is 153 Å². The number of nitrogens with zero attached hydrogens (tertiary/aromatic N) is 1. The van der Waals surface area contributed by atoms with Crippen molar-refractivity contribution >= 4 is 34.0 Å². The molecule has 0 saturated carbocycles. The topological polar surface area (TPSA) is 101 Å². The summed E-state index contributed by atoms with van der Waals surface area (Å²) in [6.45, 7) is 1.91. The van der Waals surface area contributed by atoms with Crippen molar-refractivity contribution < 1.29 is 14.3 Å². The Morgan fingerprint density at radius 2 is 2.00 bits per heavy atom. The Morgan fingerprint density at radius 3 is 2.73 bits per heavy atom. The van der Waals surface area contributed by atoms with E-state index in [0.29, 0.717) is 23.0 Å². The zero-order chi connectivity index (χ0) is 18.5. The monoisotopic (exact) mass is 371 g/mol. The van der Waals surface area contributed by atoms with E-state index in [-0.39, 0.29) is 17.9 Å². The smallest absolute Gasteiger partial charge is 0.312 e. The second-order valence-corrected chi connectivity index (χ2v) is 6.68. The van der Waals surface area contributed by atoms with Gasteiger partial charge in [0.2, 0.25) is 0 Å². The van der Waals surface area contributed by atoms with Gasteiger partial charge in [0.1, 0.15) is 0 Å². The minimum atomic E-state index is -0.920. The molecule has 0 saturated heterocycles. The Bertz CT molecular complexity index is 982. The number of aromatic nitrogens is 2. The van der Waals surface area contributed by atoms with Crippen LogP contribution in [0, 0.1) is 0 Å². The van der Waals surface area contributed by atoms with Crippen molar-refractivity contribution in [3.8, 4) is 0 Å². The summed E-state index contributed by atoms with van der Waals surface area (Å²) in [6, 6.07) is 10.7. The van der Waals surface area contributed by atoms with Gasteiger partial charge in [-0.15, -0.1) is 11.3 Å². The van der Waals surface area contributed by atoms with Crippen LogP contribution in [0.15, 0.2) is 46.6 Å². The first-order valence-corrected chi connectivity index (χ1v) is 8.88. The van der Waals surface area contributed by atoms with Gasteiger partial charge in [-0.25, -0.2) is 5.10 Å². The van der Waals surface area contributed by atoms with Crippen LogP contribution in [-0.2, 0) is 27.3 Å². The van der Waals surface area contributed by atoms with Crippen LogP contribution in [0.5, 0.6) is 0 Å². The van der Waals surface area contributed by atoms with E-state index in [1.54, 1.807) is 24.3 Å². The van der Waals surface area contributed by atoms with Crippen LogP contribution in [-0.4, -0.2) is 28.2 Å². The molecule has 1 atom stereocenters. The molecule has 8 heteroatoms. The van der Waals surface area contributed by atoms with Gasteiger partial charge in [0.05, 0.1) is 24.0 Å². The Balaban J connectivity index is 1.61. The zero-order valence-corrected chi connectivity index (χ0v) is 14.8. The number of ether oxygens (including phenoxy) is 1. The van der Waals surface area contributed by atoms with Crippen molar-refractivity contribution in [2.24, 2.45) is 0 Å². The number of nitrogens with one attached hydrogen (secondary N) is 2. The molecule has 134 valence electrons. The highest BCUT2D eigenvalue weighted by Crippen LogP contribution is 2.13. The molecule has 0 spiro atoms. The number of hydrogen-bond acceptors (Lipinski definition) is 6. The molecule has 0 unspecified atom stereocenters. The SMILES string of the molecule is C[C@@H](OC(=O)Cc1n[nH]c(=O)c2ccccc12)C(=O)NCc1cccs1. The molecule has 0 aliphatic carbocycles. The van der Waals surface area contributed by atoms with Gasteiger partial charge in [0, 0.05) is 10.3 Å². The molecule has 3 rings (SSSR count). The molecule has 2 aromatic heterocycles. The number of carbonyl (C=O) groups is 2. The summed E-state index contributed by atoms with van der Waals surface area (Å²) in [5.74, 6) is -0.959. The number of hydrogen-bond donors (Lipinski definition) is 2. The lowest BCUT2D eigenvalue weighted by Gasteiger charge is -2.13. The van der Waals surface area contributed by atoms with Gasteiger partial charge in [0.25, 0.3) is 11.5 Å². The second-order valence-electron chi connectivity index (χ2n) is 5.65. The van der Waals surface area contributed by atoms with Crippen LogP contribution in [0.3, 0.4) is 0 Å². The molecular weight excluding hydrogens is 354 g/mol. The second kappa shape index (κ2) is 7.92. The quantitative estimate of drug-likeness (QED) is 0.643. The summed E-state index contributed by atoms with van der Waals surface area (Å²) < 4.78 is 5.19. The molecule has 2 N–H and O–H groups in total. The standard InChI is InChI=1S/C18H17N3O4S/c1-11(17(23)19-10-12-5-4-8-26-12)25-16(22)9-15-13-6-2-3-7-14(13)18(24)21-20-15/h2-8,11H,9-10H2,1H3,(H,19,23)(H,21,24)/t11-/m1/s1. The lowest BCUT2D eigenvalue weighted by Crippen LogP contribution is -2.35. The van der Waals surface area contributed by atoms with Crippen molar-refractivity contribution in [3.63, 3.8) is 0 Å². The number of amides is 1. The third kappa shape index (κ3) is 4.15. The number of H-pyrrole nitrogens is 1. The van der Waals surface area contributed by atoms with E-state index in [0.717, 1.165) is 4.88 Å². The minimum Gasteiger partial charge on any atom is -0.452 e. The Kier molecular flexibility index (Phi) is 5.43. The van der Waals surface area contributed by atoms with Crippen molar-refractivity contribution in [1.82, 2.24) is 15.5 Å². The van der Waals surface area contributed by atoms with Gasteiger partial charge < -0.3 is 10.1 Å². The number of benzene rings is 1. The molecule has 0 aliphatic heterocycles. The average Bonchev–Trinajstić information content (AvgIpc) is 3.16. The number of thiophene rings is 1. The summed E-state index contributed by atoms with van der Waals surface area (Å²) in [5, 5.41) is 12.0. The van der Waals surface area contributed by atoms with E-state index in [1.165, 1.54) is 18.3 Å². The van der Waals surface area contributed by atoms with Gasteiger partial charge in [-0.2, -0.15) is 5.10 Å². The van der Waals surface area contributed by atoms with Crippen LogP contribution in [0.1, 0.15) is 17.5 Å². The van der Waals surface area contributed by atoms with Gasteiger partial charge in [-0.05, 0) is 24.4 Å². The molecular formula is C18H17N3O4S. The van der Waals surface area contributed by atoms with E-state index in [4.69, 9.17) is 4.74 Å². The normalized spacial score (nSPS) is 11.9. The summed E-state index contributed by atoms with van der Waals surface area (Å²) in [5.41, 5.74) is 0.0791. The van der Waals surface area contributed by atoms with Crippen molar-refractivity contribution in [3.05, 3.63) is 62.7 Å². The van der Waals surface area contributed by atoms with Crippen LogP contribution in [0.4, 0.5) is 0 Å². The molecule has 26 heavy (non-hydrogen) atoms. The fraction of sp³-hybridized carbons (Fsp3) is 0.222. The first-order valence-electron chi connectivity index (χ1n) is 8.00. The number of esters is 1. The third-order valence-electron chi connectivity index (χ3n) is 3.78. The lowest BCUT2D eigenvalue weighted by atomic mass is 10.1. The van der Waals surface area contributed by atoms with Crippen molar-refractivity contribution in [1.29, 1.82) is 0 Å². The highest BCUT2D eigenvalue weighted by Gasteiger charge is 2.19. The largest absolute Gasteiger partial charge is 0.452 e. The number of rotatable bonds is 6. The predicted octanol–water partition coefficient (Wildman–Crippen LogP) is 1.78. The zero-order valence-electron chi connectivity index (χ0n) is 14.0. The van der Waals surface area contributed by atoms with Gasteiger partial charge in [-0.3, -0.25) is 14.4 Å². The molecule has 7 nitrogen and oxygen atoms in total. The summed E-state index contributed by atoms with van der Waals surface area (Å²) in [4.78, 5) is 37.0. The average molecular weight is 371 g/mol. The number of carbonyl (C=O) groups excluding carboxylic acids is 2. The van der Waals surface area contributed by atoms with Crippen LogP contribution >= 0.6 is 11.3 Å². The van der Waals surface area contributed by atoms with Crippen LogP contribution in [0.25, 0.3) is 10.8 Å². The number of aromatic amines is 1. The maximum atomic E-state index is 12.2. The van der Waals surface area contributed by atoms with Gasteiger partial charge in [-0.1, -0.05) is 24.3 Å². The highest BCUT2D eigenvalue weighted by molar-refractivity contribution is 7.09. The lowest BCUT2D eigenvalue weighted by molar-refractivity contribution is -0.154. The first-order chi connectivity index (χ1) is 12.5. The van der Waals surface area contributed by atoms with Crippen molar-refractivity contribution in [2.75, 3.05) is 0 Å². The maximum Gasteiger partial charge on any atom is 0.312 e. The fourth-order valence-corrected chi connectivity index (χ4v) is 3.11. The molecule has 0 bridgehead atoms. The highest BCUT2D eigenvalue weighted by atomic mass is 32.1. The summed E-state index contributed by atoms with van der Waals surface area (Å²) >= 11 is 1.53. The van der Waals surface area contributed by atoms with E-state index >= 15 is 0 Å². The summed E-state index contributed by atoms with van der Waals surface area (Å²) in [6.07, 6.45) is -1.06. The summed E-state index contributed by atoms with van der Waals surface area (Å²) in [7, 11) is 0. The van der Waals surface area contributed by atoms with E-state index in [2.05, 4.69) is 15.5 Å². The molecule has 0 radical (unpaired) electrons. The molecule has 0 aliphatic rings. The first kappa shape index (κ1) is 17.8. The predicted molar refractivity (Wildman–Crippen MR) is 97.8 cm³/mol. The maximum absolute atomic E-state index is 12.2. The van der Waals surface area contributed by atoms with Crippen LogP contribution in [0.2, 0.25) is 0 Å². The molecule has 1 aromatic carbocycles. The minimum absolute atomic E-state index is 0.139. The molecule has 2 heterocycles. The van der Waals surface area contributed by atoms with Gasteiger partial charge >= 0.3 is 5.97 Å². The van der Waals surface area contributed by atoms with E-state index in [9.17, 15) is 14.4 Å². The van der Waals surface area contributed by atoms with Crippen molar-refractivity contribution in [2.45, 2.75) is 26.0 Å². The Hall–Kier alpha value is -3.00. The number of fused-ring (bicyclic) bond motifs is 1. The van der Waals surface area contributed by atoms with Gasteiger partial charge in [0.15, 0.2) is 6.10 Å². The Morgan fingerprint density at radius 1 is 1.23 bits per heavy atom. The molecule has 1 amide bonds. The third-order valence-corrected chi connectivity index (χ3v) is 4.66. The molecule has 0 fully saturated rings. The van der Waals surface area contributed by atoms with E-state index in [1.807, 2.05) is 17.5 Å². The fourth-order valence-electron chi connectivity index (χ4n) is 2.47. The van der Waals surface area contributed by atoms with E-state index < -0.39 is 12.1 Å².